The third kappa shape index (κ3) is 3.16. The minimum absolute atomic E-state index is 0.132. The Morgan fingerprint density at radius 1 is 1.15 bits per heavy atom. The molecule has 1 unspecified atom stereocenters. The van der Waals surface area contributed by atoms with Crippen LogP contribution >= 0.6 is 0 Å². The molecule has 0 aliphatic carbocycles. The fourth-order valence-corrected chi connectivity index (χ4v) is 4.08. The number of ether oxygens (including phenoxy) is 1. The van der Waals surface area contributed by atoms with Crippen LogP contribution in [-0.2, 0) is 11.2 Å². The average Bonchev–Trinajstić information content (AvgIpc) is 2.68. The summed E-state index contributed by atoms with van der Waals surface area (Å²) in [5.74, 6) is 0. The lowest BCUT2D eigenvalue weighted by Crippen LogP contribution is -2.15. The number of aromatic nitrogens is 2. The molecule has 27 heavy (non-hydrogen) atoms. The number of benzene rings is 2. The average molecular weight is 360 g/mol. The molecule has 2 aromatic carbocycles. The maximum atomic E-state index is 12.1. The highest BCUT2D eigenvalue weighted by atomic mass is 16.5. The fraction of sp³-hybridized carbons (Fsp3) is 0.304. The highest BCUT2D eigenvalue weighted by molar-refractivity contribution is 6.09. The summed E-state index contributed by atoms with van der Waals surface area (Å²) in [7, 11) is 0. The zero-order chi connectivity index (χ0) is 18.8. The first-order valence-electron chi connectivity index (χ1n) is 9.63. The van der Waals surface area contributed by atoms with Crippen LogP contribution < -0.4 is 5.69 Å². The predicted octanol–water partition coefficient (Wildman–Crippen LogP) is 5.26. The standard InChI is InChI=1S/C23H24N2O2/c1-3-4-5-12-18-20-15(2)24-23(26)25-22(20)17-11-7-6-10-16(17)21(18)19-13-8-9-14-27-19/h6-11,13-14,19H,3-5,12H2,1-2H3,(H,24,25,26). The molecular formula is C23H24N2O2. The number of rotatable bonds is 5. The lowest BCUT2D eigenvalue weighted by molar-refractivity contribution is 0.187. The Morgan fingerprint density at radius 2 is 1.96 bits per heavy atom. The van der Waals surface area contributed by atoms with Gasteiger partial charge in [-0.05, 0) is 42.9 Å². The van der Waals surface area contributed by atoms with Crippen LogP contribution in [0.2, 0.25) is 0 Å². The van der Waals surface area contributed by atoms with E-state index in [9.17, 15) is 4.79 Å². The van der Waals surface area contributed by atoms with Gasteiger partial charge in [-0.2, -0.15) is 4.98 Å². The molecule has 1 aliphatic heterocycles. The smallest absolute Gasteiger partial charge is 0.345 e. The molecule has 1 aromatic heterocycles. The lowest BCUT2D eigenvalue weighted by Gasteiger charge is -2.24. The molecule has 0 fully saturated rings. The van der Waals surface area contributed by atoms with Crippen molar-refractivity contribution in [1.29, 1.82) is 0 Å². The van der Waals surface area contributed by atoms with Crippen LogP contribution in [-0.4, -0.2) is 9.97 Å². The van der Waals surface area contributed by atoms with Gasteiger partial charge in [0.05, 0.1) is 17.5 Å². The molecule has 0 amide bonds. The molecule has 1 aliphatic rings. The van der Waals surface area contributed by atoms with Crippen molar-refractivity contribution >= 4 is 21.7 Å². The third-order valence-electron chi connectivity index (χ3n) is 5.24. The zero-order valence-corrected chi connectivity index (χ0v) is 15.8. The van der Waals surface area contributed by atoms with Crippen LogP contribution in [0, 0.1) is 6.92 Å². The Kier molecular flexibility index (Phi) is 4.80. The Labute approximate surface area is 158 Å². The van der Waals surface area contributed by atoms with Crippen LogP contribution in [0.25, 0.3) is 21.7 Å². The van der Waals surface area contributed by atoms with Crippen molar-refractivity contribution in [3.8, 4) is 0 Å². The molecule has 0 saturated carbocycles. The van der Waals surface area contributed by atoms with Gasteiger partial charge in [-0.15, -0.1) is 0 Å². The van der Waals surface area contributed by atoms with E-state index in [0.29, 0.717) is 0 Å². The summed E-state index contributed by atoms with van der Waals surface area (Å²) in [6, 6.07) is 8.24. The number of nitrogens with zero attached hydrogens (tertiary/aromatic N) is 1. The minimum Gasteiger partial charge on any atom is -0.489 e. The Morgan fingerprint density at radius 3 is 2.70 bits per heavy atom. The van der Waals surface area contributed by atoms with E-state index in [-0.39, 0.29) is 11.8 Å². The Bertz CT molecular complexity index is 1110. The number of fused-ring (bicyclic) bond motifs is 3. The van der Waals surface area contributed by atoms with Crippen molar-refractivity contribution in [1.82, 2.24) is 9.97 Å². The quantitative estimate of drug-likeness (QED) is 0.499. The number of aromatic amines is 1. The molecule has 138 valence electrons. The van der Waals surface area contributed by atoms with Gasteiger partial charge in [-0.3, -0.25) is 0 Å². The molecule has 0 bridgehead atoms. The van der Waals surface area contributed by atoms with Crippen LogP contribution in [0.3, 0.4) is 0 Å². The number of nitrogens with one attached hydrogen (secondary N) is 1. The van der Waals surface area contributed by atoms with Gasteiger partial charge in [0, 0.05) is 16.3 Å². The van der Waals surface area contributed by atoms with Crippen molar-refractivity contribution in [2.75, 3.05) is 0 Å². The second-order valence-electron chi connectivity index (χ2n) is 7.04. The number of H-pyrrole nitrogens is 1. The molecule has 0 radical (unpaired) electrons. The van der Waals surface area contributed by atoms with Gasteiger partial charge in [0.15, 0.2) is 0 Å². The Hall–Kier alpha value is -2.88. The largest absolute Gasteiger partial charge is 0.489 e. The maximum absolute atomic E-state index is 12.1. The molecule has 4 heteroatoms. The minimum atomic E-state index is -0.297. The summed E-state index contributed by atoms with van der Waals surface area (Å²) in [6.45, 7) is 4.14. The first kappa shape index (κ1) is 17.5. The number of allylic oxidation sites excluding steroid dienone is 2. The number of unbranched alkanes of at least 4 members (excludes halogenated alkanes) is 2. The molecule has 1 N–H and O–H groups in total. The summed E-state index contributed by atoms with van der Waals surface area (Å²) in [4.78, 5) is 19.3. The van der Waals surface area contributed by atoms with Crippen molar-refractivity contribution in [2.45, 2.75) is 45.6 Å². The van der Waals surface area contributed by atoms with Gasteiger partial charge >= 0.3 is 5.69 Å². The van der Waals surface area contributed by atoms with E-state index in [1.807, 2.05) is 31.2 Å². The summed E-state index contributed by atoms with van der Waals surface area (Å²) >= 11 is 0. The van der Waals surface area contributed by atoms with Crippen molar-refractivity contribution in [3.63, 3.8) is 0 Å². The van der Waals surface area contributed by atoms with Crippen molar-refractivity contribution in [2.24, 2.45) is 0 Å². The number of hydrogen-bond donors (Lipinski definition) is 1. The number of hydrogen-bond acceptors (Lipinski definition) is 3. The summed E-state index contributed by atoms with van der Waals surface area (Å²) < 4.78 is 5.97. The zero-order valence-electron chi connectivity index (χ0n) is 15.8. The molecule has 3 aromatic rings. The van der Waals surface area contributed by atoms with Gasteiger partial charge in [0.1, 0.15) is 6.10 Å². The molecule has 4 nitrogen and oxygen atoms in total. The highest BCUT2D eigenvalue weighted by Crippen LogP contribution is 2.39. The molecule has 1 atom stereocenters. The van der Waals surface area contributed by atoms with E-state index in [2.05, 4.69) is 35.1 Å². The summed E-state index contributed by atoms with van der Waals surface area (Å²) in [5, 5.41) is 3.23. The second kappa shape index (κ2) is 7.39. The monoisotopic (exact) mass is 360 g/mol. The van der Waals surface area contributed by atoms with E-state index in [4.69, 9.17) is 4.74 Å². The maximum Gasteiger partial charge on any atom is 0.345 e. The van der Waals surface area contributed by atoms with E-state index in [0.717, 1.165) is 46.6 Å². The third-order valence-corrected chi connectivity index (χ3v) is 5.24. The van der Waals surface area contributed by atoms with Gasteiger partial charge in [0.25, 0.3) is 0 Å². The molecule has 4 rings (SSSR count). The second-order valence-corrected chi connectivity index (χ2v) is 7.04. The molecule has 2 heterocycles. The Balaban J connectivity index is 2.10. The van der Waals surface area contributed by atoms with Gasteiger partial charge in [-0.25, -0.2) is 4.79 Å². The summed E-state index contributed by atoms with van der Waals surface area (Å²) in [6.07, 6.45) is 12.0. The number of aryl methyl sites for hydroxylation is 2. The van der Waals surface area contributed by atoms with Crippen LogP contribution in [0.4, 0.5) is 0 Å². The predicted molar refractivity (Wildman–Crippen MR) is 110 cm³/mol. The van der Waals surface area contributed by atoms with Gasteiger partial charge in [-0.1, -0.05) is 50.1 Å². The van der Waals surface area contributed by atoms with Gasteiger partial charge in [0.2, 0.25) is 0 Å². The van der Waals surface area contributed by atoms with E-state index >= 15 is 0 Å². The topological polar surface area (TPSA) is 55.0 Å². The molecule has 0 saturated heterocycles. The van der Waals surface area contributed by atoms with Gasteiger partial charge < -0.3 is 9.72 Å². The van der Waals surface area contributed by atoms with Crippen molar-refractivity contribution in [3.05, 3.63) is 76.1 Å². The SMILES string of the molecule is CCCCCc1c(C2C=CC=CO2)c2ccccc2c2[nH]c(=O)nc(C)c12. The van der Waals surface area contributed by atoms with E-state index in [1.165, 1.54) is 17.5 Å². The summed E-state index contributed by atoms with van der Waals surface area (Å²) in [5.41, 5.74) is 3.79. The molecular weight excluding hydrogens is 336 g/mol. The van der Waals surface area contributed by atoms with E-state index < -0.39 is 0 Å². The molecule has 0 spiro atoms. The first-order valence-corrected chi connectivity index (χ1v) is 9.63. The first-order chi connectivity index (χ1) is 13.2. The normalized spacial score (nSPS) is 16.1. The van der Waals surface area contributed by atoms with Crippen LogP contribution in [0.15, 0.2) is 53.6 Å². The highest BCUT2D eigenvalue weighted by Gasteiger charge is 2.23. The lowest BCUT2D eigenvalue weighted by atomic mass is 9.87. The fourth-order valence-electron chi connectivity index (χ4n) is 4.08. The van der Waals surface area contributed by atoms with Crippen LogP contribution in [0.1, 0.15) is 49.1 Å². The van der Waals surface area contributed by atoms with Crippen LogP contribution in [0.5, 0.6) is 0 Å². The van der Waals surface area contributed by atoms with Crippen molar-refractivity contribution < 1.29 is 4.74 Å². The van der Waals surface area contributed by atoms with E-state index in [1.54, 1.807) is 6.26 Å².